The van der Waals surface area contributed by atoms with E-state index in [1.807, 2.05) is 6.07 Å². The molecule has 0 aliphatic rings. The highest BCUT2D eigenvalue weighted by atomic mass is 79.9. The van der Waals surface area contributed by atoms with Gasteiger partial charge in [-0.2, -0.15) is 5.26 Å². The Kier molecular flexibility index (Phi) is 5.42. The monoisotopic (exact) mass is 299 g/mol. The summed E-state index contributed by atoms with van der Waals surface area (Å²) in [6.45, 7) is 0.105. The smallest absolute Gasteiger partial charge is 0.123 e. The van der Waals surface area contributed by atoms with Gasteiger partial charge < -0.3 is 14.6 Å². The third-order valence-electron chi connectivity index (χ3n) is 2.39. The standard InChI is InChI=1S/C12H14BrNO3/c1-16-7-11(15)10(6-14)9-5-8(13)3-4-12(9)17-2/h3-5,10-11,15H,7H2,1-2H3. The van der Waals surface area contributed by atoms with Crippen molar-refractivity contribution in [3.05, 3.63) is 28.2 Å². The van der Waals surface area contributed by atoms with Gasteiger partial charge in [0.15, 0.2) is 0 Å². The third-order valence-corrected chi connectivity index (χ3v) is 2.88. The van der Waals surface area contributed by atoms with Crippen molar-refractivity contribution < 1.29 is 14.6 Å². The number of methoxy groups -OCH3 is 2. The molecule has 0 saturated heterocycles. The van der Waals surface area contributed by atoms with Gasteiger partial charge in [-0.05, 0) is 18.2 Å². The number of halogens is 1. The number of ether oxygens (including phenoxy) is 2. The van der Waals surface area contributed by atoms with Crippen molar-refractivity contribution in [1.82, 2.24) is 0 Å². The first-order chi connectivity index (χ1) is 8.13. The number of nitriles is 1. The molecule has 5 heteroatoms. The first kappa shape index (κ1) is 14.0. The molecule has 0 amide bonds. The summed E-state index contributed by atoms with van der Waals surface area (Å²) in [5.41, 5.74) is 0.647. The second-order valence-corrected chi connectivity index (χ2v) is 4.43. The lowest BCUT2D eigenvalue weighted by molar-refractivity contribution is 0.0567. The van der Waals surface area contributed by atoms with Crippen LogP contribution in [0.25, 0.3) is 0 Å². The van der Waals surface area contributed by atoms with Crippen molar-refractivity contribution in [2.45, 2.75) is 12.0 Å². The fraction of sp³-hybridized carbons (Fsp3) is 0.417. The predicted octanol–water partition coefficient (Wildman–Crippen LogP) is 2.07. The van der Waals surface area contributed by atoms with Crippen LogP contribution in [0.5, 0.6) is 5.75 Å². The molecule has 4 nitrogen and oxygen atoms in total. The van der Waals surface area contributed by atoms with E-state index in [0.717, 1.165) is 4.47 Å². The van der Waals surface area contributed by atoms with Crippen molar-refractivity contribution in [3.63, 3.8) is 0 Å². The molecule has 1 rings (SSSR count). The number of rotatable bonds is 5. The van der Waals surface area contributed by atoms with Gasteiger partial charge in [0.05, 0.1) is 25.9 Å². The molecule has 1 aromatic rings. The molecule has 92 valence electrons. The molecule has 2 atom stereocenters. The maximum atomic E-state index is 9.85. The summed E-state index contributed by atoms with van der Waals surface area (Å²) in [4.78, 5) is 0. The van der Waals surface area contributed by atoms with Crippen LogP contribution in [0.1, 0.15) is 11.5 Å². The van der Waals surface area contributed by atoms with Gasteiger partial charge in [0, 0.05) is 17.1 Å². The molecule has 0 heterocycles. The Balaban J connectivity index is 3.10. The zero-order chi connectivity index (χ0) is 12.8. The fourth-order valence-corrected chi connectivity index (χ4v) is 1.96. The van der Waals surface area contributed by atoms with Crippen molar-refractivity contribution >= 4 is 15.9 Å². The highest BCUT2D eigenvalue weighted by Crippen LogP contribution is 2.31. The lowest BCUT2D eigenvalue weighted by atomic mass is 9.94. The quantitative estimate of drug-likeness (QED) is 0.904. The number of aliphatic hydroxyl groups is 1. The second kappa shape index (κ2) is 6.60. The van der Waals surface area contributed by atoms with Crippen molar-refractivity contribution in [1.29, 1.82) is 5.26 Å². The Hall–Kier alpha value is -1.09. The van der Waals surface area contributed by atoms with Crippen LogP contribution in [-0.2, 0) is 4.74 Å². The number of hydrogen-bond acceptors (Lipinski definition) is 4. The largest absolute Gasteiger partial charge is 0.496 e. The molecule has 0 aliphatic carbocycles. The van der Waals surface area contributed by atoms with Gasteiger partial charge >= 0.3 is 0 Å². The molecule has 1 aromatic carbocycles. The number of benzene rings is 1. The molecule has 0 bridgehead atoms. The molecule has 0 spiro atoms. The van der Waals surface area contributed by atoms with E-state index in [0.29, 0.717) is 11.3 Å². The fourth-order valence-electron chi connectivity index (χ4n) is 1.58. The number of aliphatic hydroxyl groups excluding tert-OH is 1. The summed E-state index contributed by atoms with van der Waals surface area (Å²) in [6, 6.07) is 7.42. The Morgan fingerprint density at radius 3 is 2.71 bits per heavy atom. The predicted molar refractivity (Wildman–Crippen MR) is 66.9 cm³/mol. The van der Waals surface area contributed by atoms with E-state index in [2.05, 4.69) is 22.0 Å². The Bertz CT molecular complexity index is 417. The summed E-state index contributed by atoms with van der Waals surface area (Å²) in [7, 11) is 3.01. The van der Waals surface area contributed by atoms with Gasteiger partial charge in [-0.3, -0.25) is 0 Å². The van der Waals surface area contributed by atoms with E-state index in [4.69, 9.17) is 14.7 Å². The molecule has 2 unspecified atom stereocenters. The van der Waals surface area contributed by atoms with Crippen LogP contribution in [0.3, 0.4) is 0 Å². The van der Waals surface area contributed by atoms with Gasteiger partial charge in [0.25, 0.3) is 0 Å². The van der Waals surface area contributed by atoms with E-state index in [9.17, 15) is 5.11 Å². The molecule has 1 N–H and O–H groups in total. The van der Waals surface area contributed by atoms with Crippen LogP contribution in [0.4, 0.5) is 0 Å². The van der Waals surface area contributed by atoms with Gasteiger partial charge in [-0.15, -0.1) is 0 Å². The topological polar surface area (TPSA) is 62.5 Å². The zero-order valence-electron chi connectivity index (χ0n) is 9.68. The molecule has 17 heavy (non-hydrogen) atoms. The minimum atomic E-state index is -0.881. The SMILES string of the molecule is COCC(O)C(C#N)c1cc(Br)ccc1OC. The summed E-state index contributed by atoms with van der Waals surface area (Å²) < 4.78 is 10.9. The van der Waals surface area contributed by atoms with E-state index in [1.54, 1.807) is 12.1 Å². The maximum Gasteiger partial charge on any atom is 0.123 e. The number of hydrogen-bond donors (Lipinski definition) is 1. The van der Waals surface area contributed by atoms with Crippen LogP contribution >= 0.6 is 15.9 Å². The average molecular weight is 300 g/mol. The van der Waals surface area contributed by atoms with Crippen LogP contribution in [0, 0.1) is 11.3 Å². The maximum absolute atomic E-state index is 9.85. The molecule has 0 aromatic heterocycles. The molecule has 0 fully saturated rings. The lowest BCUT2D eigenvalue weighted by Gasteiger charge is -2.18. The molecular weight excluding hydrogens is 286 g/mol. The minimum Gasteiger partial charge on any atom is -0.496 e. The second-order valence-electron chi connectivity index (χ2n) is 3.52. The zero-order valence-corrected chi connectivity index (χ0v) is 11.3. The Morgan fingerprint density at radius 2 is 2.18 bits per heavy atom. The van der Waals surface area contributed by atoms with Gasteiger partial charge in [-0.1, -0.05) is 15.9 Å². The van der Waals surface area contributed by atoms with Crippen LogP contribution < -0.4 is 4.74 Å². The lowest BCUT2D eigenvalue weighted by Crippen LogP contribution is -2.23. The molecule has 0 aliphatic heterocycles. The summed E-state index contributed by atoms with van der Waals surface area (Å²) in [5.74, 6) is -0.0997. The summed E-state index contributed by atoms with van der Waals surface area (Å²) in [6.07, 6.45) is -0.881. The van der Waals surface area contributed by atoms with Crippen LogP contribution in [0.2, 0.25) is 0 Å². The average Bonchev–Trinajstić information content (AvgIpc) is 2.31. The first-order valence-electron chi connectivity index (χ1n) is 5.04. The van der Waals surface area contributed by atoms with E-state index in [1.165, 1.54) is 14.2 Å². The first-order valence-corrected chi connectivity index (χ1v) is 5.83. The van der Waals surface area contributed by atoms with Crippen LogP contribution in [0.15, 0.2) is 22.7 Å². The van der Waals surface area contributed by atoms with Gasteiger partial charge in [0.1, 0.15) is 11.7 Å². The van der Waals surface area contributed by atoms with E-state index in [-0.39, 0.29) is 6.61 Å². The van der Waals surface area contributed by atoms with E-state index >= 15 is 0 Å². The summed E-state index contributed by atoms with van der Waals surface area (Å²) >= 11 is 3.33. The van der Waals surface area contributed by atoms with Crippen LogP contribution in [-0.4, -0.2) is 32.0 Å². The summed E-state index contributed by atoms with van der Waals surface area (Å²) in [5, 5.41) is 19.0. The van der Waals surface area contributed by atoms with Gasteiger partial charge in [0.2, 0.25) is 0 Å². The highest BCUT2D eigenvalue weighted by molar-refractivity contribution is 9.10. The number of nitrogens with zero attached hydrogens (tertiary/aromatic N) is 1. The van der Waals surface area contributed by atoms with Crippen molar-refractivity contribution in [2.75, 3.05) is 20.8 Å². The molecular formula is C12H14BrNO3. The molecule has 0 radical (unpaired) electrons. The van der Waals surface area contributed by atoms with Crippen molar-refractivity contribution in [3.8, 4) is 11.8 Å². The molecule has 0 saturated carbocycles. The Labute approximate surface area is 109 Å². The van der Waals surface area contributed by atoms with Crippen molar-refractivity contribution in [2.24, 2.45) is 0 Å². The highest BCUT2D eigenvalue weighted by Gasteiger charge is 2.24. The third kappa shape index (κ3) is 3.43. The Morgan fingerprint density at radius 1 is 1.47 bits per heavy atom. The van der Waals surface area contributed by atoms with Gasteiger partial charge in [-0.25, -0.2) is 0 Å². The van der Waals surface area contributed by atoms with E-state index < -0.39 is 12.0 Å². The minimum absolute atomic E-state index is 0.105. The normalized spacial score (nSPS) is 13.8.